The van der Waals surface area contributed by atoms with E-state index in [2.05, 4.69) is 12.2 Å². The lowest BCUT2D eigenvalue weighted by atomic mass is 10.1. The van der Waals surface area contributed by atoms with E-state index in [0.29, 0.717) is 13.2 Å². The lowest BCUT2D eigenvalue weighted by molar-refractivity contribution is -0.130. The van der Waals surface area contributed by atoms with Crippen LogP contribution in [0.1, 0.15) is 25.3 Å². The van der Waals surface area contributed by atoms with Crippen LogP contribution >= 0.6 is 11.6 Å². The minimum atomic E-state index is -0.0329. The second-order valence-corrected chi connectivity index (χ2v) is 5.04. The van der Waals surface area contributed by atoms with Crippen molar-refractivity contribution in [1.82, 2.24) is 4.90 Å². The van der Waals surface area contributed by atoms with Gasteiger partial charge in [0.25, 0.3) is 0 Å². The largest absolute Gasteiger partial charge is 0.494 e. The number of benzene rings is 1. The molecule has 0 aromatic heterocycles. The van der Waals surface area contributed by atoms with E-state index in [-0.39, 0.29) is 17.8 Å². The zero-order valence-corrected chi connectivity index (χ0v) is 12.5. The normalized spacial score (nSPS) is 17.2. The smallest absolute Gasteiger partial charge is 0.238 e. The SMILES string of the molecule is CCOc1ccccc1CN(C(=O)CCl)C1C=CCC1. The van der Waals surface area contributed by atoms with Crippen LogP contribution in [0.15, 0.2) is 36.4 Å². The first-order valence-electron chi connectivity index (χ1n) is 6.99. The molecule has 1 atom stereocenters. The standard InChI is InChI=1S/C16H20ClNO2/c1-2-20-15-10-6-3-7-13(15)12-18(16(19)11-17)14-8-4-5-9-14/h3-4,6-8,10,14H,2,5,9,11-12H2,1H3. The summed E-state index contributed by atoms with van der Waals surface area (Å²) in [4.78, 5) is 13.9. The van der Waals surface area contributed by atoms with Crippen LogP contribution in [0.2, 0.25) is 0 Å². The fraction of sp³-hybridized carbons (Fsp3) is 0.438. The van der Waals surface area contributed by atoms with Crippen molar-refractivity contribution < 1.29 is 9.53 Å². The summed E-state index contributed by atoms with van der Waals surface area (Å²) in [6.45, 7) is 3.11. The molecule has 1 aromatic carbocycles. The fourth-order valence-electron chi connectivity index (χ4n) is 2.46. The minimum Gasteiger partial charge on any atom is -0.494 e. The lowest BCUT2D eigenvalue weighted by Crippen LogP contribution is -2.38. The van der Waals surface area contributed by atoms with Crippen molar-refractivity contribution in [1.29, 1.82) is 0 Å². The molecule has 0 fully saturated rings. The highest BCUT2D eigenvalue weighted by atomic mass is 35.5. The highest BCUT2D eigenvalue weighted by Crippen LogP contribution is 2.24. The third kappa shape index (κ3) is 3.54. The molecular weight excluding hydrogens is 274 g/mol. The molecule has 0 radical (unpaired) electrons. The predicted molar refractivity (Wildman–Crippen MR) is 81.0 cm³/mol. The number of hydrogen-bond acceptors (Lipinski definition) is 2. The Balaban J connectivity index is 2.19. The molecule has 1 unspecified atom stereocenters. The highest BCUT2D eigenvalue weighted by molar-refractivity contribution is 6.27. The van der Waals surface area contributed by atoms with Crippen molar-refractivity contribution in [3.8, 4) is 5.75 Å². The monoisotopic (exact) mass is 293 g/mol. The van der Waals surface area contributed by atoms with E-state index in [9.17, 15) is 4.79 Å². The van der Waals surface area contributed by atoms with E-state index in [0.717, 1.165) is 24.2 Å². The summed E-state index contributed by atoms with van der Waals surface area (Å²) in [5.74, 6) is 0.820. The Morgan fingerprint density at radius 1 is 1.45 bits per heavy atom. The third-order valence-electron chi connectivity index (χ3n) is 3.44. The molecular formula is C16H20ClNO2. The molecule has 1 aromatic rings. The van der Waals surface area contributed by atoms with Crippen LogP contribution in [-0.4, -0.2) is 29.3 Å². The average molecular weight is 294 g/mol. The maximum absolute atomic E-state index is 12.1. The van der Waals surface area contributed by atoms with Crippen LogP contribution in [0, 0.1) is 0 Å². The number of carbonyl (C=O) groups excluding carboxylic acids is 1. The summed E-state index contributed by atoms with van der Waals surface area (Å²) in [6.07, 6.45) is 6.20. The molecule has 0 aliphatic heterocycles. The number of para-hydroxylation sites is 1. The first-order chi connectivity index (χ1) is 9.76. The number of rotatable bonds is 6. The summed E-state index contributed by atoms with van der Waals surface area (Å²) >= 11 is 5.75. The number of allylic oxidation sites excluding steroid dienone is 1. The van der Waals surface area contributed by atoms with E-state index in [1.54, 1.807) is 0 Å². The Morgan fingerprint density at radius 3 is 2.90 bits per heavy atom. The van der Waals surface area contributed by atoms with Crippen LogP contribution in [0.3, 0.4) is 0 Å². The van der Waals surface area contributed by atoms with Crippen molar-refractivity contribution in [2.75, 3.05) is 12.5 Å². The first-order valence-corrected chi connectivity index (χ1v) is 7.52. The van der Waals surface area contributed by atoms with Gasteiger partial charge < -0.3 is 9.64 Å². The van der Waals surface area contributed by atoms with Gasteiger partial charge in [0.15, 0.2) is 0 Å². The number of amides is 1. The maximum atomic E-state index is 12.1. The molecule has 0 N–H and O–H groups in total. The summed E-state index contributed by atoms with van der Waals surface area (Å²) in [5, 5.41) is 0. The van der Waals surface area contributed by atoms with Crippen LogP contribution < -0.4 is 4.74 Å². The molecule has 108 valence electrons. The lowest BCUT2D eigenvalue weighted by Gasteiger charge is -2.28. The number of hydrogen-bond donors (Lipinski definition) is 0. The number of nitrogens with zero attached hydrogens (tertiary/aromatic N) is 1. The van der Waals surface area contributed by atoms with E-state index >= 15 is 0 Å². The average Bonchev–Trinajstić information content (AvgIpc) is 3.00. The van der Waals surface area contributed by atoms with Gasteiger partial charge in [-0.05, 0) is 25.8 Å². The van der Waals surface area contributed by atoms with Gasteiger partial charge in [-0.1, -0.05) is 30.4 Å². The van der Waals surface area contributed by atoms with Gasteiger partial charge >= 0.3 is 0 Å². The van der Waals surface area contributed by atoms with Gasteiger partial charge in [0, 0.05) is 12.1 Å². The summed E-state index contributed by atoms with van der Waals surface area (Å²) in [6, 6.07) is 7.99. The third-order valence-corrected chi connectivity index (χ3v) is 3.66. The van der Waals surface area contributed by atoms with Crippen LogP contribution in [0.4, 0.5) is 0 Å². The molecule has 0 spiro atoms. The van der Waals surface area contributed by atoms with Crippen molar-refractivity contribution in [2.24, 2.45) is 0 Å². The highest BCUT2D eigenvalue weighted by Gasteiger charge is 2.24. The molecule has 4 heteroatoms. The molecule has 1 aliphatic rings. The molecule has 2 rings (SSSR count). The van der Waals surface area contributed by atoms with Gasteiger partial charge in [0.05, 0.1) is 12.6 Å². The fourth-order valence-corrected chi connectivity index (χ4v) is 2.61. The second-order valence-electron chi connectivity index (χ2n) is 4.77. The predicted octanol–water partition coefficient (Wildman–Crippen LogP) is 3.37. The Bertz CT molecular complexity index is 487. The van der Waals surface area contributed by atoms with Crippen molar-refractivity contribution >= 4 is 17.5 Å². The molecule has 0 heterocycles. The van der Waals surface area contributed by atoms with Crippen LogP contribution in [0.25, 0.3) is 0 Å². The Hall–Kier alpha value is -1.48. The van der Waals surface area contributed by atoms with E-state index in [1.165, 1.54) is 0 Å². The molecule has 1 amide bonds. The second kappa shape index (κ2) is 7.34. The molecule has 0 bridgehead atoms. The molecule has 20 heavy (non-hydrogen) atoms. The Kier molecular flexibility index (Phi) is 5.48. The molecule has 3 nitrogen and oxygen atoms in total. The molecule has 0 saturated carbocycles. The van der Waals surface area contributed by atoms with Gasteiger partial charge in [-0.3, -0.25) is 4.79 Å². The quantitative estimate of drug-likeness (QED) is 0.594. The van der Waals surface area contributed by atoms with E-state index in [4.69, 9.17) is 16.3 Å². The molecule has 0 saturated heterocycles. The number of ether oxygens (including phenoxy) is 1. The van der Waals surface area contributed by atoms with Gasteiger partial charge in [0.1, 0.15) is 11.6 Å². The summed E-state index contributed by atoms with van der Waals surface area (Å²) in [5.41, 5.74) is 1.02. The zero-order valence-electron chi connectivity index (χ0n) is 11.7. The van der Waals surface area contributed by atoms with Gasteiger partial charge in [-0.2, -0.15) is 0 Å². The van der Waals surface area contributed by atoms with Crippen molar-refractivity contribution in [3.63, 3.8) is 0 Å². The van der Waals surface area contributed by atoms with E-state index < -0.39 is 0 Å². The van der Waals surface area contributed by atoms with Gasteiger partial charge in [-0.15, -0.1) is 11.6 Å². The van der Waals surface area contributed by atoms with E-state index in [1.807, 2.05) is 36.1 Å². The number of halogens is 1. The van der Waals surface area contributed by atoms with Crippen LogP contribution in [-0.2, 0) is 11.3 Å². The number of alkyl halides is 1. The van der Waals surface area contributed by atoms with Crippen molar-refractivity contribution in [3.05, 3.63) is 42.0 Å². The van der Waals surface area contributed by atoms with Gasteiger partial charge in [-0.25, -0.2) is 0 Å². The summed E-state index contributed by atoms with van der Waals surface area (Å²) in [7, 11) is 0. The van der Waals surface area contributed by atoms with Crippen molar-refractivity contribution in [2.45, 2.75) is 32.4 Å². The summed E-state index contributed by atoms with van der Waals surface area (Å²) < 4.78 is 5.62. The van der Waals surface area contributed by atoms with Crippen LogP contribution in [0.5, 0.6) is 5.75 Å². The number of carbonyl (C=O) groups is 1. The zero-order chi connectivity index (χ0) is 14.4. The molecule has 1 aliphatic carbocycles. The Labute approximate surface area is 125 Å². The first kappa shape index (κ1) is 14.9. The minimum absolute atomic E-state index is 0.0150. The topological polar surface area (TPSA) is 29.5 Å². The van der Waals surface area contributed by atoms with Gasteiger partial charge in [0.2, 0.25) is 5.91 Å². The Morgan fingerprint density at radius 2 is 2.25 bits per heavy atom. The maximum Gasteiger partial charge on any atom is 0.238 e.